The maximum atomic E-state index is 12.4. The summed E-state index contributed by atoms with van der Waals surface area (Å²) in [5.74, 6) is -0.00504. The van der Waals surface area contributed by atoms with Crippen LogP contribution in [0.15, 0.2) is 54.6 Å². The smallest absolute Gasteiger partial charge is 0.253 e. The average molecular weight is 431 g/mol. The molecule has 0 aromatic heterocycles. The van der Waals surface area contributed by atoms with Crippen LogP contribution >= 0.6 is 0 Å². The molecule has 0 bridgehead atoms. The summed E-state index contributed by atoms with van der Waals surface area (Å²) in [4.78, 5) is 14.1. The van der Waals surface area contributed by atoms with E-state index in [4.69, 9.17) is 4.74 Å². The number of nitrogens with zero attached hydrogens (tertiary/aromatic N) is 1. The van der Waals surface area contributed by atoms with E-state index in [1.165, 1.54) is 0 Å². The van der Waals surface area contributed by atoms with Gasteiger partial charge in [-0.1, -0.05) is 70.2 Å². The van der Waals surface area contributed by atoms with Gasteiger partial charge in [0.15, 0.2) is 0 Å². The van der Waals surface area contributed by atoms with Gasteiger partial charge in [0.05, 0.1) is 12.2 Å². The summed E-state index contributed by atoms with van der Waals surface area (Å²) in [6, 6.07) is 17.3. The van der Waals surface area contributed by atoms with Gasteiger partial charge in [-0.2, -0.15) is 0 Å². The molecule has 5 nitrogen and oxygen atoms in total. The molecule has 2 N–H and O–H groups in total. The van der Waals surface area contributed by atoms with Gasteiger partial charge in [0, 0.05) is 32.8 Å². The monoisotopic (exact) mass is 430 g/mol. The van der Waals surface area contributed by atoms with Crippen molar-refractivity contribution in [1.82, 2.24) is 10.2 Å². The molecule has 0 aliphatic carbocycles. The molecule has 31 heavy (non-hydrogen) atoms. The highest BCUT2D eigenvalue weighted by atomic mass is 16.5. The Balaban J connectivity index is 0.00000212. The van der Waals surface area contributed by atoms with Gasteiger partial charge in [-0.15, -0.1) is 0 Å². The highest BCUT2D eigenvalue weighted by Gasteiger charge is 2.14. The van der Waals surface area contributed by atoms with E-state index < -0.39 is 6.10 Å². The van der Waals surface area contributed by atoms with Crippen molar-refractivity contribution in [2.24, 2.45) is 0 Å². The van der Waals surface area contributed by atoms with Crippen molar-refractivity contribution >= 4 is 5.91 Å². The molecular weight excluding hydrogens is 388 g/mol. The summed E-state index contributed by atoms with van der Waals surface area (Å²) in [6.07, 6.45) is 0.346. The van der Waals surface area contributed by atoms with Crippen LogP contribution in [-0.4, -0.2) is 55.8 Å². The molecule has 0 aliphatic heterocycles. The lowest BCUT2D eigenvalue weighted by molar-refractivity contribution is 0.0600. The number of methoxy groups -OCH3 is 1. The Hall–Kier alpha value is -2.21. The van der Waals surface area contributed by atoms with E-state index >= 15 is 0 Å². The molecule has 5 heteroatoms. The third-order valence-corrected chi connectivity index (χ3v) is 4.59. The maximum absolute atomic E-state index is 12.4. The number of benzene rings is 2. The molecule has 0 fully saturated rings. The fourth-order valence-corrected chi connectivity index (χ4v) is 2.84. The highest BCUT2D eigenvalue weighted by Crippen LogP contribution is 2.11. The SMILES string of the molecule is CC.CC.COC(C)CN(C)C(=O)c1ccc(CCNCC(O)c2ccccc2)cc1. The fourth-order valence-electron chi connectivity index (χ4n) is 2.84. The van der Waals surface area contributed by atoms with E-state index in [-0.39, 0.29) is 12.0 Å². The van der Waals surface area contributed by atoms with Gasteiger partial charge in [0.25, 0.3) is 5.91 Å². The van der Waals surface area contributed by atoms with Gasteiger partial charge in [0.2, 0.25) is 0 Å². The van der Waals surface area contributed by atoms with Crippen LogP contribution in [0.1, 0.15) is 62.2 Å². The topological polar surface area (TPSA) is 61.8 Å². The first-order valence-electron chi connectivity index (χ1n) is 11.3. The number of rotatable bonds is 10. The van der Waals surface area contributed by atoms with Crippen molar-refractivity contribution in [2.45, 2.75) is 53.2 Å². The molecule has 1 amide bonds. The predicted octanol–water partition coefficient (Wildman–Crippen LogP) is 4.71. The van der Waals surface area contributed by atoms with Crippen LogP contribution in [0, 0.1) is 0 Å². The number of hydrogen-bond donors (Lipinski definition) is 2. The molecule has 0 heterocycles. The number of amides is 1. The molecule has 2 atom stereocenters. The first kappa shape index (κ1) is 28.8. The van der Waals surface area contributed by atoms with Crippen molar-refractivity contribution < 1.29 is 14.6 Å². The van der Waals surface area contributed by atoms with Crippen LogP contribution in [0.5, 0.6) is 0 Å². The second kappa shape index (κ2) is 17.5. The summed E-state index contributed by atoms with van der Waals surface area (Å²) in [7, 11) is 3.43. The lowest BCUT2D eigenvalue weighted by Gasteiger charge is -2.20. The van der Waals surface area contributed by atoms with Gasteiger partial charge in [-0.05, 0) is 43.1 Å². The van der Waals surface area contributed by atoms with Gasteiger partial charge >= 0.3 is 0 Å². The van der Waals surface area contributed by atoms with Crippen LogP contribution in [-0.2, 0) is 11.2 Å². The minimum absolute atomic E-state index is 0.00504. The lowest BCUT2D eigenvalue weighted by Crippen LogP contribution is -2.33. The zero-order valence-corrected chi connectivity index (χ0v) is 20.4. The van der Waals surface area contributed by atoms with Crippen molar-refractivity contribution in [3.05, 3.63) is 71.3 Å². The summed E-state index contributed by atoms with van der Waals surface area (Å²) in [6.45, 7) is 11.8. The molecule has 0 saturated carbocycles. The lowest BCUT2D eigenvalue weighted by atomic mass is 10.1. The van der Waals surface area contributed by atoms with Gasteiger partial charge in [-0.3, -0.25) is 4.79 Å². The van der Waals surface area contributed by atoms with Crippen molar-refractivity contribution in [2.75, 3.05) is 33.8 Å². The molecule has 174 valence electrons. The van der Waals surface area contributed by atoms with Crippen LogP contribution in [0.2, 0.25) is 0 Å². The minimum atomic E-state index is -0.503. The fraction of sp³-hybridized carbons (Fsp3) is 0.500. The van der Waals surface area contributed by atoms with E-state index in [1.54, 1.807) is 19.1 Å². The molecule has 2 rings (SSSR count). The van der Waals surface area contributed by atoms with E-state index in [0.717, 1.165) is 24.1 Å². The average Bonchev–Trinajstić information content (AvgIpc) is 2.84. The second-order valence-electron chi connectivity index (χ2n) is 6.81. The summed E-state index contributed by atoms with van der Waals surface area (Å²) in [5, 5.41) is 13.4. The predicted molar refractivity (Wildman–Crippen MR) is 131 cm³/mol. The normalized spacial score (nSPS) is 11.9. The molecule has 0 spiro atoms. The van der Waals surface area contributed by atoms with Crippen molar-refractivity contribution in [3.8, 4) is 0 Å². The standard InChI is InChI=1S/C22H30N2O3.2C2H6/c1-17(27-3)16-24(2)22(26)20-11-9-18(10-12-20)13-14-23-15-21(25)19-7-5-4-6-8-19;2*1-2/h4-12,17,21,23,25H,13-16H2,1-3H3;2*1-2H3. The number of likely N-dealkylation sites (N-methyl/N-ethyl adjacent to an activating group) is 1. The highest BCUT2D eigenvalue weighted by molar-refractivity contribution is 5.94. The van der Waals surface area contributed by atoms with Crippen LogP contribution < -0.4 is 5.32 Å². The quantitative estimate of drug-likeness (QED) is 0.536. The number of carbonyl (C=O) groups is 1. The summed E-state index contributed by atoms with van der Waals surface area (Å²) < 4.78 is 5.21. The minimum Gasteiger partial charge on any atom is -0.387 e. The Morgan fingerprint density at radius 3 is 2.16 bits per heavy atom. The Labute approximate surface area is 189 Å². The zero-order chi connectivity index (χ0) is 23.6. The molecule has 0 radical (unpaired) electrons. The molecule has 0 aliphatic rings. The molecule has 2 unspecified atom stereocenters. The van der Waals surface area contributed by atoms with Gasteiger partial charge in [-0.25, -0.2) is 0 Å². The number of ether oxygens (including phenoxy) is 1. The summed E-state index contributed by atoms with van der Waals surface area (Å²) >= 11 is 0. The van der Waals surface area contributed by atoms with Gasteiger partial charge < -0.3 is 20.1 Å². The second-order valence-corrected chi connectivity index (χ2v) is 6.81. The third kappa shape index (κ3) is 11.1. The van der Waals surface area contributed by atoms with E-state index in [1.807, 2.05) is 89.2 Å². The Kier molecular flexibility index (Phi) is 16.2. The largest absolute Gasteiger partial charge is 0.387 e. The van der Waals surface area contributed by atoms with Crippen LogP contribution in [0.4, 0.5) is 0 Å². The zero-order valence-electron chi connectivity index (χ0n) is 20.4. The molecule has 2 aromatic carbocycles. The number of aliphatic hydroxyl groups excluding tert-OH is 1. The molecule has 0 saturated heterocycles. The van der Waals surface area contributed by atoms with Crippen molar-refractivity contribution in [1.29, 1.82) is 0 Å². The van der Waals surface area contributed by atoms with E-state index in [0.29, 0.717) is 18.7 Å². The number of nitrogens with one attached hydrogen (secondary N) is 1. The molecule has 2 aromatic rings. The first-order valence-corrected chi connectivity index (χ1v) is 11.3. The Morgan fingerprint density at radius 1 is 1.03 bits per heavy atom. The van der Waals surface area contributed by atoms with Crippen LogP contribution in [0.25, 0.3) is 0 Å². The Bertz CT molecular complexity index is 690. The first-order chi connectivity index (χ1) is 15.0. The van der Waals surface area contributed by atoms with Gasteiger partial charge in [0.1, 0.15) is 0 Å². The van der Waals surface area contributed by atoms with E-state index in [2.05, 4.69) is 5.32 Å². The number of aliphatic hydroxyl groups is 1. The number of hydrogen-bond acceptors (Lipinski definition) is 4. The summed E-state index contributed by atoms with van der Waals surface area (Å²) in [5.41, 5.74) is 2.75. The van der Waals surface area contributed by atoms with Crippen molar-refractivity contribution in [3.63, 3.8) is 0 Å². The number of carbonyl (C=O) groups excluding carboxylic acids is 1. The van der Waals surface area contributed by atoms with Crippen LogP contribution in [0.3, 0.4) is 0 Å². The maximum Gasteiger partial charge on any atom is 0.253 e. The molecular formula is C26H42N2O3. The van der Waals surface area contributed by atoms with E-state index in [9.17, 15) is 9.90 Å². The third-order valence-electron chi connectivity index (χ3n) is 4.59. The Morgan fingerprint density at radius 2 is 1.61 bits per heavy atom.